The van der Waals surface area contributed by atoms with E-state index in [1.54, 1.807) is 0 Å². The lowest BCUT2D eigenvalue weighted by Crippen LogP contribution is -2.34. The number of carbonyl (C=O) groups excluding carboxylic acids is 1. The molecular weight excluding hydrogens is 288 g/mol. The van der Waals surface area contributed by atoms with Gasteiger partial charge in [-0.25, -0.2) is 0 Å². The fraction of sp³-hybridized carbons (Fsp3) is 0.474. The maximum Gasteiger partial charge on any atom is 0.225 e. The molecule has 1 aromatic carbocycles. The van der Waals surface area contributed by atoms with Gasteiger partial charge in [-0.3, -0.25) is 4.79 Å². The largest absolute Gasteiger partial charge is 0.356 e. The molecule has 0 aliphatic carbocycles. The van der Waals surface area contributed by atoms with E-state index in [-0.39, 0.29) is 11.8 Å². The van der Waals surface area contributed by atoms with Crippen LogP contribution in [0.5, 0.6) is 0 Å². The van der Waals surface area contributed by atoms with Gasteiger partial charge in [0.05, 0.1) is 6.54 Å². The first-order chi connectivity index (χ1) is 10.9. The van der Waals surface area contributed by atoms with Crippen molar-refractivity contribution in [3.63, 3.8) is 0 Å². The van der Waals surface area contributed by atoms with E-state index in [0.29, 0.717) is 6.54 Å². The van der Waals surface area contributed by atoms with Crippen LogP contribution in [0.15, 0.2) is 28.8 Å². The molecule has 0 radical (unpaired) electrons. The highest BCUT2D eigenvalue weighted by molar-refractivity contribution is 5.78. The van der Waals surface area contributed by atoms with Crippen molar-refractivity contribution in [1.82, 2.24) is 10.1 Å². The predicted molar refractivity (Wildman–Crippen MR) is 92.0 cm³/mol. The van der Waals surface area contributed by atoms with Crippen LogP contribution >= 0.6 is 0 Å². The normalized spacial score (nSPS) is 11.0. The van der Waals surface area contributed by atoms with Crippen LogP contribution in [0.2, 0.25) is 0 Å². The summed E-state index contributed by atoms with van der Waals surface area (Å²) in [5, 5.41) is 4.16. The van der Waals surface area contributed by atoms with Crippen LogP contribution in [-0.2, 0) is 11.3 Å². The molecule has 0 saturated heterocycles. The number of amides is 1. The molecule has 0 unspecified atom stereocenters. The third-order valence-corrected chi connectivity index (χ3v) is 3.87. The lowest BCUT2D eigenvalue weighted by molar-refractivity contribution is -0.135. The predicted octanol–water partition coefficient (Wildman–Crippen LogP) is 4.35. The Bertz CT molecular complexity index is 674. The second-order valence-electron chi connectivity index (χ2n) is 6.42. The molecule has 0 atom stereocenters. The summed E-state index contributed by atoms with van der Waals surface area (Å²) >= 11 is 0. The molecule has 1 heterocycles. The average Bonchev–Trinajstić information content (AvgIpc) is 2.96. The summed E-state index contributed by atoms with van der Waals surface area (Å²) in [6.45, 7) is 11.3. The molecule has 0 fully saturated rings. The molecule has 1 amide bonds. The molecule has 4 nitrogen and oxygen atoms in total. The Hall–Kier alpha value is -2.10. The Morgan fingerprint density at radius 1 is 1.26 bits per heavy atom. The second kappa shape index (κ2) is 7.44. The molecule has 0 bridgehead atoms. The Morgan fingerprint density at radius 3 is 2.65 bits per heavy atom. The van der Waals surface area contributed by atoms with Crippen LogP contribution in [0.25, 0.3) is 11.3 Å². The molecule has 4 heteroatoms. The first kappa shape index (κ1) is 17.3. The summed E-state index contributed by atoms with van der Waals surface area (Å²) in [5.74, 6) is 0.907. The van der Waals surface area contributed by atoms with Gasteiger partial charge in [0.2, 0.25) is 5.91 Å². The number of rotatable bonds is 6. The van der Waals surface area contributed by atoms with Gasteiger partial charge in [-0.1, -0.05) is 43.6 Å². The molecular formula is C19H26N2O2. The SMILES string of the molecule is CCCN(Cc1cc(-c2cc(C)ccc2C)on1)C(=O)C(C)C. The highest BCUT2D eigenvalue weighted by Gasteiger charge is 2.19. The van der Waals surface area contributed by atoms with Crippen molar-refractivity contribution in [2.45, 2.75) is 47.6 Å². The number of aromatic nitrogens is 1. The van der Waals surface area contributed by atoms with E-state index in [1.165, 1.54) is 5.56 Å². The van der Waals surface area contributed by atoms with E-state index in [0.717, 1.165) is 35.5 Å². The summed E-state index contributed by atoms with van der Waals surface area (Å²) in [6.07, 6.45) is 0.931. The van der Waals surface area contributed by atoms with Gasteiger partial charge < -0.3 is 9.42 Å². The summed E-state index contributed by atoms with van der Waals surface area (Å²) in [7, 11) is 0. The number of benzene rings is 1. The number of aryl methyl sites for hydroxylation is 2. The molecule has 0 saturated carbocycles. The molecule has 2 rings (SSSR count). The van der Waals surface area contributed by atoms with Crippen LogP contribution in [-0.4, -0.2) is 22.5 Å². The van der Waals surface area contributed by atoms with Gasteiger partial charge in [0, 0.05) is 24.1 Å². The van der Waals surface area contributed by atoms with E-state index in [9.17, 15) is 4.79 Å². The van der Waals surface area contributed by atoms with Gasteiger partial charge in [0.15, 0.2) is 5.76 Å². The van der Waals surface area contributed by atoms with E-state index in [2.05, 4.69) is 44.1 Å². The lowest BCUT2D eigenvalue weighted by atomic mass is 10.0. The van der Waals surface area contributed by atoms with Gasteiger partial charge in [0.25, 0.3) is 0 Å². The van der Waals surface area contributed by atoms with Crippen LogP contribution in [0, 0.1) is 19.8 Å². The maximum absolute atomic E-state index is 12.3. The molecule has 1 aromatic heterocycles. The molecule has 0 aliphatic heterocycles. The van der Waals surface area contributed by atoms with Crippen molar-refractivity contribution in [2.75, 3.05) is 6.54 Å². The van der Waals surface area contributed by atoms with Crippen molar-refractivity contribution in [3.8, 4) is 11.3 Å². The zero-order valence-corrected chi connectivity index (χ0v) is 14.7. The zero-order chi connectivity index (χ0) is 17.0. The Kier molecular flexibility index (Phi) is 5.59. The van der Waals surface area contributed by atoms with Crippen molar-refractivity contribution in [1.29, 1.82) is 0 Å². The van der Waals surface area contributed by atoms with E-state index >= 15 is 0 Å². The van der Waals surface area contributed by atoms with Gasteiger partial charge in [-0.2, -0.15) is 0 Å². The van der Waals surface area contributed by atoms with Crippen LogP contribution in [0.1, 0.15) is 44.0 Å². The van der Waals surface area contributed by atoms with Crippen LogP contribution < -0.4 is 0 Å². The topological polar surface area (TPSA) is 46.3 Å². The molecule has 124 valence electrons. The minimum absolute atomic E-state index is 0.00746. The minimum Gasteiger partial charge on any atom is -0.356 e. The van der Waals surface area contributed by atoms with E-state index in [1.807, 2.05) is 24.8 Å². The van der Waals surface area contributed by atoms with Crippen molar-refractivity contribution in [2.24, 2.45) is 5.92 Å². The van der Waals surface area contributed by atoms with E-state index in [4.69, 9.17) is 4.52 Å². The Labute approximate surface area is 138 Å². The third kappa shape index (κ3) is 4.21. The number of nitrogens with zero attached hydrogens (tertiary/aromatic N) is 2. The minimum atomic E-state index is -0.00746. The number of carbonyl (C=O) groups is 1. The first-order valence-corrected chi connectivity index (χ1v) is 8.24. The quantitative estimate of drug-likeness (QED) is 0.796. The van der Waals surface area contributed by atoms with Crippen molar-refractivity contribution >= 4 is 5.91 Å². The summed E-state index contributed by atoms with van der Waals surface area (Å²) in [5.41, 5.74) is 4.19. The third-order valence-electron chi connectivity index (χ3n) is 3.87. The van der Waals surface area contributed by atoms with Crippen molar-refractivity contribution < 1.29 is 9.32 Å². The highest BCUT2D eigenvalue weighted by atomic mass is 16.5. The second-order valence-corrected chi connectivity index (χ2v) is 6.42. The molecule has 0 aliphatic rings. The van der Waals surface area contributed by atoms with Gasteiger partial charge in [0.1, 0.15) is 5.69 Å². The van der Waals surface area contributed by atoms with Gasteiger partial charge in [-0.05, 0) is 31.9 Å². The molecule has 2 aromatic rings. The van der Waals surface area contributed by atoms with Crippen LogP contribution in [0.4, 0.5) is 0 Å². The molecule has 23 heavy (non-hydrogen) atoms. The number of hydrogen-bond donors (Lipinski definition) is 0. The fourth-order valence-corrected chi connectivity index (χ4v) is 2.61. The number of hydrogen-bond acceptors (Lipinski definition) is 3. The highest BCUT2D eigenvalue weighted by Crippen LogP contribution is 2.25. The first-order valence-electron chi connectivity index (χ1n) is 8.24. The zero-order valence-electron chi connectivity index (χ0n) is 14.7. The smallest absolute Gasteiger partial charge is 0.225 e. The summed E-state index contributed by atoms with van der Waals surface area (Å²) in [6, 6.07) is 8.21. The summed E-state index contributed by atoms with van der Waals surface area (Å²) < 4.78 is 5.52. The van der Waals surface area contributed by atoms with Crippen molar-refractivity contribution in [3.05, 3.63) is 41.1 Å². The van der Waals surface area contributed by atoms with Crippen LogP contribution in [0.3, 0.4) is 0 Å². The molecule has 0 spiro atoms. The van der Waals surface area contributed by atoms with Gasteiger partial charge in [-0.15, -0.1) is 0 Å². The average molecular weight is 314 g/mol. The Balaban J connectivity index is 2.21. The summed E-state index contributed by atoms with van der Waals surface area (Å²) in [4.78, 5) is 14.1. The maximum atomic E-state index is 12.3. The van der Waals surface area contributed by atoms with Gasteiger partial charge >= 0.3 is 0 Å². The lowest BCUT2D eigenvalue weighted by Gasteiger charge is -2.22. The van der Waals surface area contributed by atoms with E-state index < -0.39 is 0 Å². The Morgan fingerprint density at radius 2 is 2.00 bits per heavy atom. The fourth-order valence-electron chi connectivity index (χ4n) is 2.61. The molecule has 0 N–H and O–H groups in total. The monoisotopic (exact) mass is 314 g/mol. The standard InChI is InChI=1S/C19H26N2O2/c1-6-9-21(19(22)13(2)3)12-16-11-18(23-20-16)17-10-14(4)7-8-15(17)5/h7-8,10-11,13H,6,9,12H2,1-5H3.